The highest BCUT2D eigenvalue weighted by Crippen LogP contribution is 2.39. The fourth-order valence-corrected chi connectivity index (χ4v) is 6.72. The normalized spacial score (nSPS) is 22.1. The van der Waals surface area contributed by atoms with Gasteiger partial charge in [-0.25, -0.2) is 8.78 Å². The Hall–Kier alpha value is -3.05. The van der Waals surface area contributed by atoms with Crippen molar-refractivity contribution in [3.05, 3.63) is 107 Å². The molecule has 5 rings (SSSR count). The topological polar surface area (TPSA) is 32.3 Å². The Labute approximate surface area is 225 Å². The first-order valence-electron chi connectivity index (χ1n) is 14.0. The third kappa shape index (κ3) is 5.99. The summed E-state index contributed by atoms with van der Waals surface area (Å²) in [6, 6.07) is 23.7. The number of amides is 1. The third-order valence-corrected chi connectivity index (χ3v) is 8.65. The van der Waals surface area contributed by atoms with Crippen molar-refractivity contribution >= 4 is 5.91 Å². The first-order valence-corrected chi connectivity index (χ1v) is 14.0. The number of carbonyl (C=O) groups excluding carboxylic acids is 1. The van der Waals surface area contributed by atoms with Gasteiger partial charge in [0.25, 0.3) is 0 Å². The number of likely N-dealkylation sites (tertiary alicyclic amines) is 1. The Morgan fingerprint density at radius 3 is 2.03 bits per heavy atom. The SMILES string of the molecule is CC(C)C(C(=O)NC1CCC2CN(CCC(c3ccc(F)cc3)c3ccc(F)cc3)C[C@@H]21)c1ccccc1. The summed E-state index contributed by atoms with van der Waals surface area (Å²) in [4.78, 5) is 15.9. The van der Waals surface area contributed by atoms with E-state index < -0.39 is 0 Å². The molecule has 3 unspecified atom stereocenters. The van der Waals surface area contributed by atoms with E-state index in [0.717, 1.165) is 55.6 Å². The number of hydrogen-bond acceptors (Lipinski definition) is 2. The van der Waals surface area contributed by atoms with Gasteiger partial charge >= 0.3 is 0 Å². The fourth-order valence-electron chi connectivity index (χ4n) is 6.72. The molecule has 1 heterocycles. The zero-order chi connectivity index (χ0) is 26.6. The molecule has 38 heavy (non-hydrogen) atoms. The minimum atomic E-state index is -0.251. The zero-order valence-electron chi connectivity index (χ0n) is 22.3. The van der Waals surface area contributed by atoms with Crippen LogP contribution in [0.25, 0.3) is 0 Å². The van der Waals surface area contributed by atoms with Crippen LogP contribution >= 0.6 is 0 Å². The largest absolute Gasteiger partial charge is 0.352 e. The summed E-state index contributed by atoms with van der Waals surface area (Å²) < 4.78 is 27.2. The second-order valence-electron chi connectivity index (χ2n) is 11.5. The van der Waals surface area contributed by atoms with Crippen LogP contribution in [0, 0.1) is 29.4 Å². The van der Waals surface area contributed by atoms with E-state index in [1.165, 1.54) is 24.3 Å². The zero-order valence-corrected chi connectivity index (χ0v) is 22.3. The van der Waals surface area contributed by atoms with Gasteiger partial charge in [0, 0.05) is 25.0 Å². The van der Waals surface area contributed by atoms with Gasteiger partial charge in [-0.1, -0.05) is 68.4 Å². The van der Waals surface area contributed by atoms with E-state index in [1.54, 1.807) is 0 Å². The van der Waals surface area contributed by atoms with Crippen molar-refractivity contribution in [3.63, 3.8) is 0 Å². The number of rotatable bonds is 9. The quantitative estimate of drug-likeness (QED) is 0.341. The molecule has 1 aliphatic carbocycles. The van der Waals surface area contributed by atoms with Crippen molar-refractivity contribution in [2.24, 2.45) is 17.8 Å². The van der Waals surface area contributed by atoms with Crippen molar-refractivity contribution < 1.29 is 13.6 Å². The van der Waals surface area contributed by atoms with Crippen LogP contribution in [0.15, 0.2) is 78.9 Å². The lowest BCUT2D eigenvalue weighted by molar-refractivity contribution is -0.124. The van der Waals surface area contributed by atoms with Crippen LogP contribution in [-0.4, -0.2) is 36.5 Å². The third-order valence-electron chi connectivity index (χ3n) is 8.65. The summed E-state index contributed by atoms with van der Waals surface area (Å²) in [6.07, 6.45) is 3.06. The number of nitrogens with zero attached hydrogens (tertiary/aromatic N) is 1. The number of halogens is 2. The molecule has 1 saturated heterocycles. The van der Waals surface area contributed by atoms with E-state index in [0.29, 0.717) is 11.8 Å². The molecule has 0 radical (unpaired) electrons. The van der Waals surface area contributed by atoms with E-state index in [-0.39, 0.29) is 41.3 Å². The average Bonchev–Trinajstić information content (AvgIpc) is 3.48. The number of benzene rings is 3. The van der Waals surface area contributed by atoms with E-state index in [1.807, 2.05) is 42.5 Å². The molecule has 2 fully saturated rings. The van der Waals surface area contributed by atoms with Crippen LogP contribution in [0.1, 0.15) is 61.6 Å². The number of carbonyl (C=O) groups is 1. The van der Waals surface area contributed by atoms with Gasteiger partial charge in [-0.3, -0.25) is 4.79 Å². The molecule has 5 heteroatoms. The highest BCUT2D eigenvalue weighted by Gasteiger charge is 2.43. The Morgan fingerprint density at radius 2 is 1.45 bits per heavy atom. The Bertz CT molecular complexity index is 1150. The molecule has 1 amide bonds. The molecule has 200 valence electrons. The smallest absolute Gasteiger partial charge is 0.228 e. The van der Waals surface area contributed by atoms with Gasteiger partial charge in [0.15, 0.2) is 0 Å². The van der Waals surface area contributed by atoms with Crippen LogP contribution in [-0.2, 0) is 4.79 Å². The van der Waals surface area contributed by atoms with Gasteiger partial charge in [0.05, 0.1) is 5.92 Å². The highest BCUT2D eigenvalue weighted by atomic mass is 19.1. The predicted octanol–water partition coefficient (Wildman–Crippen LogP) is 6.75. The van der Waals surface area contributed by atoms with Crippen LogP contribution in [0.5, 0.6) is 0 Å². The second kappa shape index (κ2) is 11.8. The van der Waals surface area contributed by atoms with E-state index in [4.69, 9.17) is 0 Å². The monoisotopic (exact) mass is 516 g/mol. The standard InChI is InChI=1S/C33H38F2N2O/c1-22(2)32(25-6-4-3-5-7-25)33(38)36-31-17-12-26-20-37(21-30(26)31)19-18-29(23-8-13-27(34)14-9-23)24-10-15-28(35)16-11-24/h3-11,13-16,22,26,29-32H,12,17-21H2,1-2H3,(H,36,38)/t26?,30-,31?,32?/m0/s1. The fraction of sp³-hybridized carbons (Fsp3) is 0.424. The van der Waals surface area contributed by atoms with Gasteiger partial charge in [0.1, 0.15) is 11.6 Å². The molecule has 0 bridgehead atoms. The molecule has 1 N–H and O–H groups in total. The average molecular weight is 517 g/mol. The summed E-state index contributed by atoms with van der Waals surface area (Å²) in [6.45, 7) is 7.16. The van der Waals surface area contributed by atoms with E-state index >= 15 is 0 Å². The number of nitrogens with one attached hydrogen (secondary N) is 1. The van der Waals surface area contributed by atoms with Crippen LogP contribution < -0.4 is 5.32 Å². The van der Waals surface area contributed by atoms with E-state index in [2.05, 4.69) is 36.2 Å². The lowest BCUT2D eigenvalue weighted by atomic mass is 9.87. The maximum absolute atomic E-state index is 13.6. The Balaban J connectivity index is 1.23. The predicted molar refractivity (Wildman–Crippen MR) is 148 cm³/mol. The maximum Gasteiger partial charge on any atom is 0.228 e. The molecule has 4 atom stereocenters. The number of fused-ring (bicyclic) bond motifs is 1. The summed E-state index contributed by atoms with van der Waals surface area (Å²) in [5.74, 6) is 0.873. The van der Waals surface area contributed by atoms with Gasteiger partial charge < -0.3 is 10.2 Å². The van der Waals surface area contributed by atoms with Gasteiger partial charge in [-0.15, -0.1) is 0 Å². The van der Waals surface area contributed by atoms with Crippen molar-refractivity contribution in [1.82, 2.24) is 10.2 Å². The first kappa shape index (κ1) is 26.6. The Kier molecular flexibility index (Phi) is 8.23. The van der Waals surface area contributed by atoms with Crippen LogP contribution in [0.2, 0.25) is 0 Å². The van der Waals surface area contributed by atoms with Crippen molar-refractivity contribution in [2.45, 2.75) is 51.0 Å². The summed E-state index contributed by atoms with van der Waals surface area (Å²) in [5, 5.41) is 3.44. The number of hydrogen-bond donors (Lipinski definition) is 1. The van der Waals surface area contributed by atoms with Gasteiger partial charge in [-0.2, -0.15) is 0 Å². The summed E-state index contributed by atoms with van der Waals surface area (Å²) >= 11 is 0. The molecular weight excluding hydrogens is 478 g/mol. The van der Waals surface area contributed by atoms with Crippen LogP contribution in [0.3, 0.4) is 0 Å². The van der Waals surface area contributed by atoms with Gasteiger partial charge in [-0.05, 0) is 84.5 Å². The molecule has 3 nitrogen and oxygen atoms in total. The molecule has 3 aromatic rings. The molecule has 3 aromatic carbocycles. The molecule has 1 saturated carbocycles. The second-order valence-corrected chi connectivity index (χ2v) is 11.5. The molecule has 2 aliphatic rings. The maximum atomic E-state index is 13.6. The lowest BCUT2D eigenvalue weighted by Gasteiger charge is -2.27. The summed E-state index contributed by atoms with van der Waals surface area (Å²) in [7, 11) is 0. The highest BCUT2D eigenvalue weighted by molar-refractivity contribution is 5.84. The van der Waals surface area contributed by atoms with Crippen molar-refractivity contribution in [1.29, 1.82) is 0 Å². The van der Waals surface area contributed by atoms with Crippen molar-refractivity contribution in [3.8, 4) is 0 Å². The van der Waals surface area contributed by atoms with E-state index in [9.17, 15) is 13.6 Å². The summed E-state index contributed by atoms with van der Waals surface area (Å²) in [5.41, 5.74) is 3.17. The van der Waals surface area contributed by atoms with Crippen LogP contribution in [0.4, 0.5) is 8.78 Å². The molecule has 0 aromatic heterocycles. The Morgan fingerprint density at radius 1 is 0.842 bits per heavy atom. The minimum absolute atomic E-state index is 0.0739. The minimum Gasteiger partial charge on any atom is -0.352 e. The lowest BCUT2D eigenvalue weighted by Crippen LogP contribution is -2.43. The first-order chi connectivity index (χ1) is 18.4. The molecule has 0 spiro atoms. The van der Waals surface area contributed by atoms with Gasteiger partial charge in [0.2, 0.25) is 5.91 Å². The van der Waals surface area contributed by atoms with Crippen molar-refractivity contribution in [2.75, 3.05) is 19.6 Å². The molecule has 1 aliphatic heterocycles. The molecular formula is C33H38F2N2O.